The number of aromatic nitrogens is 5. The molecule has 0 aliphatic heterocycles. The van der Waals surface area contributed by atoms with E-state index in [1.807, 2.05) is 12.1 Å². The number of carbonyl (C=O) groups excluding carboxylic acids is 1. The Kier molecular flexibility index (Phi) is 5.34. The van der Waals surface area contributed by atoms with Crippen molar-refractivity contribution in [3.63, 3.8) is 0 Å². The molecule has 2 aromatic heterocycles. The van der Waals surface area contributed by atoms with Gasteiger partial charge in [0.1, 0.15) is 18.3 Å². The molecule has 0 fully saturated rings. The van der Waals surface area contributed by atoms with E-state index in [1.165, 1.54) is 41.2 Å². The molecule has 4 rings (SSSR count). The van der Waals surface area contributed by atoms with Gasteiger partial charge in [0.15, 0.2) is 11.6 Å². The molecule has 10 heteroatoms. The fraction of sp³-hybridized carbons (Fsp3) is 0.105. The Bertz CT molecular complexity index is 1150. The number of nitrogens with one attached hydrogen (secondary N) is 1. The molecule has 1 amide bonds. The SMILES string of the molecule is Cc1nc(CSc2ccccc2C(=O)Nc2ccc(-n3cncn3)c(F)c2)no1. The van der Waals surface area contributed by atoms with Crippen molar-refractivity contribution >= 4 is 23.4 Å². The lowest BCUT2D eigenvalue weighted by Crippen LogP contribution is -2.13. The van der Waals surface area contributed by atoms with Crippen LogP contribution in [-0.2, 0) is 5.75 Å². The number of aryl methyl sites for hydroxylation is 1. The first-order chi connectivity index (χ1) is 14.1. The van der Waals surface area contributed by atoms with Gasteiger partial charge >= 0.3 is 0 Å². The molecule has 0 aliphatic rings. The van der Waals surface area contributed by atoms with Crippen LogP contribution in [0.4, 0.5) is 10.1 Å². The molecule has 0 atom stereocenters. The zero-order valence-corrected chi connectivity index (χ0v) is 16.1. The van der Waals surface area contributed by atoms with Crippen molar-refractivity contribution in [3.8, 4) is 5.69 Å². The third-order valence-corrected chi connectivity index (χ3v) is 5.00. The molecule has 0 radical (unpaired) electrons. The summed E-state index contributed by atoms with van der Waals surface area (Å²) in [7, 11) is 0. The molecule has 0 unspecified atom stereocenters. The second-order valence-electron chi connectivity index (χ2n) is 5.97. The largest absolute Gasteiger partial charge is 0.340 e. The first kappa shape index (κ1) is 18.8. The van der Waals surface area contributed by atoms with Crippen LogP contribution < -0.4 is 5.32 Å². The third kappa shape index (κ3) is 4.32. The highest BCUT2D eigenvalue weighted by atomic mass is 32.2. The maximum Gasteiger partial charge on any atom is 0.256 e. The van der Waals surface area contributed by atoms with E-state index >= 15 is 0 Å². The number of rotatable bonds is 6. The summed E-state index contributed by atoms with van der Waals surface area (Å²) in [4.78, 5) is 21.5. The number of carbonyl (C=O) groups is 1. The van der Waals surface area contributed by atoms with Gasteiger partial charge in [-0.3, -0.25) is 4.79 Å². The van der Waals surface area contributed by atoms with Gasteiger partial charge in [0.2, 0.25) is 5.89 Å². The minimum absolute atomic E-state index is 0.242. The summed E-state index contributed by atoms with van der Waals surface area (Å²) in [5.41, 5.74) is 1.05. The van der Waals surface area contributed by atoms with E-state index in [0.717, 1.165) is 4.90 Å². The Balaban J connectivity index is 1.49. The summed E-state index contributed by atoms with van der Waals surface area (Å²) in [6.07, 6.45) is 2.72. The lowest BCUT2D eigenvalue weighted by atomic mass is 10.2. The normalized spacial score (nSPS) is 10.8. The van der Waals surface area contributed by atoms with Crippen LogP contribution in [0, 0.1) is 12.7 Å². The van der Waals surface area contributed by atoms with Gasteiger partial charge in [0, 0.05) is 17.5 Å². The molecule has 0 aliphatic carbocycles. The molecule has 2 heterocycles. The summed E-state index contributed by atoms with van der Waals surface area (Å²) in [5, 5.41) is 10.5. The molecule has 146 valence electrons. The number of hydrogen-bond donors (Lipinski definition) is 1. The number of thioether (sulfide) groups is 1. The van der Waals surface area contributed by atoms with E-state index in [0.29, 0.717) is 28.7 Å². The fourth-order valence-corrected chi connectivity index (χ4v) is 3.52. The second kappa shape index (κ2) is 8.23. The first-order valence-electron chi connectivity index (χ1n) is 8.57. The Morgan fingerprint density at radius 2 is 2.14 bits per heavy atom. The average Bonchev–Trinajstić information content (AvgIpc) is 3.38. The molecule has 0 spiro atoms. The molecule has 4 aromatic rings. The van der Waals surface area contributed by atoms with Crippen molar-refractivity contribution < 1.29 is 13.7 Å². The predicted molar refractivity (Wildman–Crippen MR) is 104 cm³/mol. The van der Waals surface area contributed by atoms with Gasteiger partial charge in [-0.15, -0.1) is 11.8 Å². The van der Waals surface area contributed by atoms with Crippen LogP contribution in [0.1, 0.15) is 22.1 Å². The summed E-state index contributed by atoms with van der Waals surface area (Å²) in [6.45, 7) is 1.72. The van der Waals surface area contributed by atoms with Gasteiger partial charge in [-0.05, 0) is 30.3 Å². The number of nitrogens with zero attached hydrogens (tertiary/aromatic N) is 5. The van der Waals surface area contributed by atoms with Crippen LogP contribution in [0.5, 0.6) is 0 Å². The Morgan fingerprint density at radius 3 is 2.86 bits per heavy atom. The zero-order chi connectivity index (χ0) is 20.2. The van der Waals surface area contributed by atoms with Gasteiger partial charge < -0.3 is 9.84 Å². The van der Waals surface area contributed by atoms with Gasteiger partial charge in [0.25, 0.3) is 5.91 Å². The van der Waals surface area contributed by atoms with Crippen molar-refractivity contribution in [2.45, 2.75) is 17.6 Å². The highest BCUT2D eigenvalue weighted by molar-refractivity contribution is 7.98. The van der Waals surface area contributed by atoms with E-state index in [2.05, 4.69) is 25.5 Å². The first-order valence-corrected chi connectivity index (χ1v) is 9.55. The summed E-state index contributed by atoms with van der Waals surface area (Å²) >= 11 is 1.42. The zero-order valence-electron chi connectivity index (χ0n) is 15.2. The lowest BCUT2D eigenvalue weighted by Gasteiger charge is -2.10. The Morgan fingerprint density at radius 1 is 1.28 bits per heavy atom. The van der Waals surface area contributed by atoms with E-state index < -0.39 is 5.82 Å². The van der Waals surface area contributed by atoms with Crippen LogP contribution in [0.15, 0.2) is 64.5 Å². The third-order valence-electron chi connectivity index (χ3n) is 3.93. The van der Waals surface area contributed by atoms with Crippen molar-refractivity contribution in [2.75, 3.05) is 5.32 Å². The van der Waals surface area contributed by atoms with Crippen LogP contribution in [-0.4, -0.2) is 30.8 Å². The van der Waals surface area contributed by atoms with E-state index in [1.54, 1.807) is 25.1 Å². The summed E-state index contributed by atoms with van der Waals surface area (Å²) in [5.74, 6) is 0.633. The average molecular weight is 410 g/mol. The highest BCUT2D eigenvalue weighted by Crippen LogP contribution is 2.26. The molecule has 2 aromatic carbocycles. The second-order valence-corrected chi connectivity index (χ2v) is 6.99. The molecule has 0 bridgehead atoms. The van der Waals surface area contributed by atoms with Crippen molar-refractivity contribution in [1.29, 1.82) is 0 Å². The predicted octanol–water partition coefficient (Wildman–Crippen LogP) is 3.64. The molecule has 0 saturated carbocycles. The van der Waals surface area contributed by atoms with Gasteiger partial charge in [0.05, 0.1) is 11.3 Å². The topological polar surface area (TPSA) is 98.7 Å². The monoisotopic (exact) mass is 410 g/mol. The smallest absolute Gasteiger partial charge is 0.256 e. The minimum Gasteiger partial charge on any atom is -0.340 e. The highest BCUT2D eigenvalue weighted by Gasteiger charge is 2.14. The Hall–Kier alpha value is -3.53. The number of amides is 1. The summed E-state index contributed by atoms with van der Waals surface area (Å²) < 4.78 is 20.7. The molecule has 1 N–H and O–H groups in total. The summed E-state index contributed by atoms with van der Waals surface area (Å²) in [6, 6.07) is 11.5. The maximum absolute atomic E-state index is 14.4. The molecule has 29 heavy (non-hydrogen) atoms. The Labute approximate surface area is 169 Å². The molecule has 8 nitrogen and oxygen atoms in total. The van der Waals surface area contributed by atoms with Crippen LogP contribution >= 0.6 is 11.8 Å². The number of hydrogen-bond acceptors (Lipinski definition) is 7. The number of halogens is 1. The fourth-order valence-electron chi connectivity index (χ4n) is 2.62. The van der Waals surface area contributed by atoms with E-state index in [-0.39, 0.29) is 11.6 Å². The van der Waals surface area contributed by atoms with Crippen LogP contribution in [0.25, 0.3) is 5.69 Å². The van der Waals surface area contributed by atoms with Gasteiger partial charge in [-0.1, -0.05) is 17.3 Å². The van der Waals surface area contributed by atoms with Gasteiger partial charge in [-0.2, -0.15) is 10.1 Å². The number of benzene rings is 2. The van der Waals surface area contributed by atoms with Gasteiger partial charge in [-0.25, -0.2) is 14.1 Å². The standard InChI is InChI=1S/C19H15FN6O2S/c1-12-23-18(25-28-12)9-29-17-5-3-2-4-14(17)19(27)24-13-6-7-16(15(20)8-13)26-11-21-10-22-26/h2-8,10-11H,9H2,1H3,(H,24,27). The molecule has 0 saturated heterocycles. The number of anilines is 1. The lowest BCUT2D eigenvalue weighted by molar-refractivity contribution is 0.102. The van der Waals surface area contributed by atoms with Crippen molar-refractivity contribution in [2.24, 2.45) is 0 Å². The molecular weight excluding hydrogens is 395 g/mol. The van der Waals surface area contributed by atoms with Crippen LogP contribution in [0.2, 0.25) is 0 Å². The van der Waals surface area contributed by atoms with E-state index in [9.17, 15) is 9.18 Å². The maximum atomic E-state index is 14.4. The van der Waals surface area contributed by atoms with E-state index in [4.69, 9.17) is 4.52 Å². The van der Waals surface area contributed by atoms with Crippen LogP contribution in [0.3, 0.4) is 0 Å². The quantitative estimate of drug-likeness (QED) is 0.485. The van der Waals surface area contributed by atoms with Crippen molar-refractivity contribution in [1.82, 2.24) is 24.9 Å². The van der Waals surface area contributed by atoms with Crippen molar-refractivity contribution in [3.05, 3.63) is 78.2 Å². The minimum atomic E-state index is -0.525. The molecular formula is C19H15FN6O2S.